The first kappa shape index (κ1) is 22.6. The lowest BCUT2D eigenvalue weighted by Crippen LogP contribution is -2.40. The summed E-state index contributed by atoms with van der Waals surface area (Å²) in [5.74, 6) is 0. The molecule has 1 N–H and O–H groups in total. The van der Waals surface area contributed by atoms with Gasteiger partial charge in [-0.1, -0.05) is 82.8 Å². The average Bonchev–Trinajstić information content (AvgIpc) is 2.73. The van der Waals surface area contributed by atoms with Crippen molar-refractivity contribution in [1.29, 1.82) is 5.26 Å². The molecule has 0 amide bonds. The van der Waals surface area contributed by atoms with Crippen LogP contribution in [0.25, 0.3) is 0 Å². The molecule has 3 aromatic rings. The van der Waals surface area contributed by atoms with Gasteiger partial charge in [0.05, 0.1) is 17.0 Å². The monoisotopic (exact) mass is 478 g/mol. The molecule has 0 radical (unpaired) electrons. The molecule has 3 rings (SSSR count). The van der Waals surface area contributed by atoms with E-state index in [1.807, 2.05) is 6.92 Å². The first-order valence-electron chi connectivity index (χ1n) is 8.87. The Balaban J connectivity index is 2.16. The van der Waals surface area contributed by atoms with Crippen LogP contribution in [0.3, 0.4) is 0 Å². The minimum atomic E-state index is -4.02. The fraction of sp³-hybridized carbons (Fsp3) is 0.136. The van der Waals surface area contributed by atoms with Gasteiger partial charge >= 0.3 is 0 Å². The van der Waals surface area contributed by atoms with E-state index in [1.165, 1.54) is 12.1 Å². The van der Waals surface area contributed by atoms with Crippen LogP contribution < -0.4 is 4.72 Å². The molecule has 0 fully saturated rings. The zero-order valence-corrected chi connectivity index (χ0v) is 18.9. The van der Waals surface area contributed by atoms with E-state index in [9.17, 15) is 13.7 Å². The number of nitrogens with zero attached hydrogens (tertiary/aromatic N) is 1. The standard InChI is InChI=1S/C22H17Cl3N2O2S/c1-15-6-12-18(13-7-15)30(28,29)27-21(19-4-2-3-5-20(19)24)22(25,14-26)16-8-10-17(23)11-9-16/h2-13,21,27H,1H3/t21-,22-/m1/s1. The Morgan fingerprint density at radius 3 is 2.13 bits per heavy atom. The number of benzene rings is 3. The lowest BCUT2D eigenvalue weighted by atomic mass is 9.87. The van der Waals surface area contributed by atoms with E-state index >= 15 is 0 Å². The Morgan fingerprint density at radius 1 is 0.967 bits per heavy atom. The van der Waals surface area contributed by atoms with Crippen molar-refractivity contribution in [3.05, 3.63) is 99.5 Å². The highest BCUT2D eigenvalue weighted by molar-refractivity contribution is 7.89. The van der Waals surface area contributed by atoms with Crippen LogP contribution in [0.15, 0.2) is 77.7 Å². The van der Waals surface area contributed by atoms with Crippen LogP contribution in [-0.4, -0.2) is 8.42 Å². The van der Waals surface area contributed by atoms with Crippen molar-refractivity contribution in [2.24, 2.45) is 0 Å². The van der Waals surface area contributed by atoms with Gasteiger partial charge in [0, 0.05) is 10.0 Å². The van der Waals surface area contributed by atoms with Crippen LogP contribution in [0, 0.1) is 18.3 Å². The Bertz CT molecular complexity index is 1190. The predicted octanol–water partition coefficient (Wildman–Crippen LogP) is 5.98. The third kappa shape index (κ3) is 4.64. The molecule has 0 aromatic heterocycles. The molecular weight excluding hydrogens is 463 g/mol. The average molecular weight is 480 g/mol. The molecule has 0 saturated carbocycles. The summed E-state index contributed by atoms with van der Waals surface area (Å²) in [7, 11) is -4.02. The minimum absolute atomic E-state index is 0.0539. The van der Waals surface area contributed by atoms with Crippen molar-refractivity contribution in [2.45, 2.75) is 22.7 Å². The van der Waals surface area contributed by atoms with Gasteiger partial charge in [0.2, 0.25) is 10.0 Å². The van der Waals surface area contributed by atoms with Gasteiger partial charge in [0.25, 0.3) is 0 Å². The zero-order valence-electron chi connectivity index (χ0n) is 15.8. The van der Waals surface area contributed by atoms with Crippen molar-refractivity contribution >= 4 is 44.8 Å². The van der Waals surface area contributed by atoms with E-state index in [4.69, 9.17) is 34.8 Å². The third-order valence-corrected chi connectivity index (χ3v) is 7.20. The molecule has 0 heterocycles. The molecule has 0 spiro atoms. The van der Waals surface area contributed by atoms with Crippen LogP contribution in [0.2, 0.25) is 10.0 Å². The number of hydrogen-bond acceptors (Lipinski definition) is 3. The van der Waals surface area contributed by atoms with Crippen molar-refractivity contribution in [3.8, 4) is 6.07 Å². The molecule has 0 aliphatic rings. The molecule has 8 heteroatoms. The molecule has 154 valence electrons. The molecule has 3 aromatic carbocycles. The molecule has 30 heavy (non-hydrogen) atoms. The second-order valence-electron chi connectivity index (χ2n) is 6.72. The summed E-state index contributed by atoms with van der Waals surface area (Å²) in [6.07, 6.45) is 0. The number of rotatable bonds is 6. The van der Waals surface area contributed by atoms with Gasteiger partial charge in [-0.25, -0.2) is 13.1 Å². The molecule has 0 unspecified atom stereocenters. The second kappa shape index (κ2) is 8.97. The Labute approximate surface area is 191 Å². The Kier molecular flexibility index (Phi) is 6.76. The number of nitrogens with one attached hydrogen (secondary N) is 1. The second-order valence-corrected chi connectivity index (χ2v) is 9.87. The summed E-state index contributed by atoms with van der Waals surface area (Å²) >= 11 is 19.1. The van der Waals surface area contributed by atoms with Gasteiger partial charge in [-0.15, -0.1) is 0 Å². The summed E-state index contributed by atoms with van der Waals surface area (Å²) in [6.45, 7) is 1.86. The largest absolute Gasteiger partial charge is 0.241 e. The van der Waals surface area contributed by atoms with Crippen molar-refractivity contribution in [1.82, 2.24) is 4.72 Å². The van der Waals surface area contributed by atoms with E-state index in [0.29, 0.717) is 16.1 Å². The number of aryl methyl sites for hydroxylation is 1. The maximum Gasteiger partial charge on any atom is 0.241 e. The van der Waals surface area contributed by atoms with Gasteiger partial charge in [-0.2, -0.15) is 5.26 Å². The maximum absolute atomic E-state index is 13.1. The lowest BCUT2D eigenvalue weighted by Gasteiger charge is -2.31. The van der Waals surface area contributed by atoms with Gasteiger partial charge in [-0.05, 0) is 48.4 Å². The lowest BCUT2D eigenvalue weighted by molar-refractivity contribution is 0.514. The number of hydrogen-bond donors (Lipinski definition) is 1. The highest BCUT2D eigenvalue weighted by Crippen LogP contribution is 2.44. The Morgan fingerprint density at radius 2 is 1.57 bits per heavy atom. The van der Waals surface area contributed by atoms with Crippen LogP contribution in [0.1, 0.15) is 22.7 Å². The highest BCUT2D eigenvalue weighted by Gasteiger charge is 2.43. The summed E-state index contributed by atoms with van der Waals surface area (Å²) in [4.78, 5) is -1.73. The van der Waals surface area contributed by atoms with Crippen molar-refractivity contribution < 1.29 is 8.42 Å². The van der Waals surface area contributed by atoms with Gasteiger partial charge in [0.1, 0.15) is 0 Å². The van der Waals surface area contributed by atoms with Crippen LogP contribution in [0.5, 0.6) is 0 Å². The van der Waals surface area contributed by atoms with E-state index < -0.39 is 20.9 Å². The van der Waals surface area contributed by atoms with E-state index in [2.05, 4.69) is 10.8 Å². The summed E-state index contributed by atoms with van der Waals surface area (Å²) < 4.78 is 28.9. The number of nitriles is 1. The maximum atomic E-state index is 13.1. The third-order valence-electron chi connectivity index (χ3n) is 4.65. The molecule has 0 aliphatic heterocycles. The first-order chi connectivity index (χ1) is 14.2. The quantitative estimate of drug-likeness (QED) is 0.442. The van der Waals surface area contributed by atoms with E-state index in [-0.39, 0.29) is 9.92 Å². The topological polar surface area (TPSA) is 70.0 Å². The SMILES string of the molecule is Cc1ccc(S(=O)(=O)N[C@H](c2ccccc2Cl)[C@@](Cl)(C#N)c2ccc(Cl)cc2)cc1. The molecule has 0 saturated heterocycles. The van der Waals surface area contributed by atoms with Crippen LogP contribution in [0.4, 0.5) is 0 Å². The normalized spacial score (nSPS) is 14.5. The van der Waals surface area contributed by atoms with E-state index in [1.54, 1.807) is 60.7 Å². The van der Waals surface area contributed by atoms with Crippen LogP contribution >= 0.6 is 34.8 Å². The smallest absolute Gasteiger partial charge is 0.207 e. The molecule has 0 aliphatic carbocycles. The number of alkyl halides is 1. The van der Waals surface area contributed by atoms with Gasteiger partial charge < -0.3 is 0 Å². The Hall–Kier alpha value is -2.07. The van der Waals surface area contributed by atoms with Gasteiger partial charge in [0.15, 0.2) is 4.87 Å². The molecule has 0 bridgehead atoms. The summed E-state index contributed by atoms with van der Waals surface area (Å²) in [5, 5.41) is 10.8. The van der Waals surface area contributed by atoms with Gasteiger partial charge in [-0.3, -0.25) is 0 Å². The minimum Gasteiger partial charge on any atom is -0.207 e. The van der Waals surface area contributed by atoms with Crippen molar-refractivity contribution in [3.63, 3.8) is 0 Å². The molecule has 2 atom stereocenters. The highest BCUT2D eigenvalue weighted by atomic mass is 35.5. The number of sulfonamides is 1. The predicted molar refractivity (Wildman–Crippen MR) is 120 cm³/mol. The first-order valence-corrected chi connectivity index (χ1v) is 11.5. The zero-order chi connectivity index (χ0) is 21.9. The fourth-order valence-corrected chi connectivity index (χ4v) is 4.98. The number of halogens is 3. The van der Waals surface area contributed by atoms with E-state index in [0.717, 1.165) is 5.56 Å². The molecule has 4 nitrogen and oxygen atoms in total. The summed E-state index contributed by atoms with van der Waals surface area (Å²) in [5.41, 5.74) is 1.68. The fourth-order valence-electron chi connectivity index (χ4n) is 3.00. The van der Waals surface area contributed by atoms with Crippen LogP contribution in [-0.2, 0) is 14.9 Å². The summed E-state index contributed by atoms with van der Waals surface area (Å²) in [6, 6.07) is 20.3. The molecular formula is C22H17Cl3N2O2S. The van der Waals surface area contributed by atoms with Crippen molar-refractivity contribution in [2.75, 3.05) is 0 Å².